The van der Waals surface area contributed by atoms with E-state index < -0.39 is 23.8 Å². The van der Waals surface area contributed by atoms with Gasteiger partial charge in [0.25, 0.3) is 0 Å². The van der Waals surface area contributed by atoms with Crippen molar-refractivity contribution in [1.29, 1.82) is 0 Å². The van der Waals surface area contributed by atoms with Crippen LogP contribution in [0, 0.1) is 11.8 Å². The molecule has 1 rings (SSSR count). The molecule has 0 spiro atoms. The van der Waals surface area contributed by atoms with Gasteiger partial charge in [-0.25, -0.2) is 0 Å². The van der Waals surface area contributed by atoms with Crippen LogP contribution < -0.4 is 0 Å². The third-order valence-corrected chi connectivity index (χ3v) is 2.77. The van der Waals surface area contributed by atoms with Gasteiger partial charge in [-0.3, -0.25) is 14.4 Å². The number of hydrogen-bond donors (Lipinski definition) is 2. The van der Waals surface area contributed by atoms with Crippen LogP contribution in [0.4, 0.5) is 0 Å². The van der Waals surface area contributed by atoms with Crippen molar-refractivity contribution < 1.29 is 24.6 Å². The van der Waals surface area contributed by atoms with Crippen molar-refractivity contribution >= 4 is 17.7 Å². The highest BCUT2D eigenvalue weighted by Crippen LogP contribution is 2.27. The Morgan fingerprint density at radius 2 is 1.80 bits per heavy atom. The van der Waals surface area contributed by atoms with Crippen LogP contribution in [0.2, 0.25) is 0 Å². The fraction of sp³-hybridized carbons (Fsp3) is 0.700. The first-order chi connectivity index (χ1) is 7.02. The van der Waals surface area contributed by atoms with Crippen molar-refractivity contribution in [1.82, 2.24) is 0 Å². The van der Waals surface area contributed by atoms with Gasteiger partial charge in [-0.2, -0.15) is 0 Å². The second-order valence-electron chi connectivity index (χ2n) is 3.90. The molecule has 2 N–H and O–H groups in total. The van der Waals surface area contributed by atoms with E-state index in [1.54, 1.807) is 0 Å². The van der Waals surface area contributed by atoms with Crippen LogP contribution in [0.15, 0.2) is 0 Å². The van der Waals surface area contributed by atoms with Gasteiger partial charge in [0.1, 0.15) is 5.78 Å². The largest absolute Gasteiger partial charge is 0.481 e. The highest BCUT2D eigenvalue weighted by molar-refractivity contribution is 5.94. The summed E-state index contributed by atoms with van der Waals surface area (Å²) in [6.45, 7) is 0. The zero-order chi connectivity index (χ0) is 11.4. The molecule has 0 bridgehead atoms. The van der Waals surface area contributed by atoms with Crippen LogP contribution in [0.25, 0.3) is 0 Å². The van der Waals surface area contributed by atoms with Crippen LogP contribution in [0.3, 0.4) is 0 Å². The van der Waals surface area contributed by atoms with Crippen molar-refractivity contribution in [3.63, 3.8) is 0 Å². The third-order valence-electron chi connectivity index (χ3n) is 2.77. The molecule has 1 saturated carbocycles. The summed E-state index contributed by atoms with van der Waals surface area (Å²) in [7, 11) is 0. The number of ketones is 1. The van der Waals surface area contributed by atoms with Gasteiger partial charge >= 0.3 is 11.9 Å². The fourth-order valence-corrected chi connectivity index (χ4v) is 2.02. The predicted octanol–water partition coefficient (Wildman–Crippen LogP) is 0.921. The zero-order valence-electron chi connectivity index (χ0n) is 8.31. The lowest BCUT2D eigenvalue weighted by Gasteiger charge is -2.17. The van der Waals surface area contributed by atoms with Crippen molar-refractivity contribution in [3.8, 4) is 0 Å². The van der Waals surface area contributed by atoms with Gasteiger partial charge in [0.2, 0.25) is 0 Å². The second-order valence-corrected chi connectivity index (χ2v) is 3.90. The number of rotatable bonds is 3. The Hall–Kier alpha value is -1.39. The Morgan fingerprint density at radius 3 is 2.33 bits per heavy atom. The minimum absolute atomic E-state index is 0.0231. The minimum atomic E-state index is -1.44. The van der Waals surface area contributed by atoms with E-state index in [0.717, 1.165) is 12.8 Å². The average molecular weight is 214 g/mol. The molecule has 0 aromatic heterocycles. The number of aliphatic carboxylic acids is 2. The molecular formula is C10H14O5. The molecule has 0 aromatic carbocycles. The normalized spacial score (nSPS) is 22.5. The lowest BCUT2D eigenvalue weighted by Crippen LogP contribution is -2.32. The molecule has 1 aliphatic rings. The Balaban J connectivity index is 2.77. The zero-order valence-corrected chi connectivity index (χ0v) is 8.31. The first kappa shape index (κ1) is 11.7. The van der Waals surface area contributed by atoms with Crippen molar-refractivity contribution in [2.24, 2.45) is 11.8 Å². The van der Waals surface area contributed by atoms with Gasteiger partial charge in [0.05, 0.1) is 0 Å². The monoisotopic (exact) mass is 214 g/mol. The average Bonchev–Trinajstić information content (AvgIpc) is 2.28. The van der Waals surface area contributed by atoms with Crippen molar-refractivity contribution in [2.75, 3.05) is 0 Å². The van der Waals surface area contributed by atoms with Crippen LogP contribution in [-0.2, 0) is 14.4 Å². The first-order valence-corrected chi connectivity index (χ1v) is 4.99. The lowest BCUT2D eigenvalue weighted by atomic mass is 9.86. The second kappa shape index (κ2) is 4.91. The molecule has 0 radical (unpaired) electrons. The summed E-state index contributed by atoms with van der Waals surface area (Å²) in [5, 5.41) is 17.6. The number of carboxylic acids is 2. The van der Waals surface area contributed by atoms with E-state index in [9.17, 15) is 14.4 Å². The summed E-state index contributed by atoms with van der Waals surface area (Å²) in [5.74, 6) is -4.70. The Bertz CT molecular complexity index is 270. The maximum atomic E-state index is 11.3. The SMILES string of the molecule is O=C1CCCC[C@@H](C(C(=O)O)C(=O)O)C1. The maximum Gasteiger partial charge on any atom is 0.318 e. The van der Waals surface area contributed by atoms with Gasteiger partial charge in [-0.15, -0.1) is 0 Å². The number of carboxylic acid groups (broad SMARTS) is 2. The van der Waals surface area contributed by atoms with Crippen molar-refractivity contribution in [3.05, 3.63) is 0 Å². The number of hydrogen-bond acceptors (Lipinski definition) is 3. The summed E-state index contributed by atoms with van der Waals surface area (Å²) in [5.41, 5.74) is 0. The summed E-state index contributed by atoms with van der Waals surface area (Å²) < 4.78 is 0. The van der Waals surface area contributed by atoms with Gasteiger partial charge < -0.3 is 10.2 Å². The molecule has 1 fully saturated rings. The first-order valence-electron chi connectivity index (χ1n) is 4.99. The van der Waals surface area contributed by atoms with Crippen LogP contribution in [0.5, 0.6) is 0 Å². The number of carbonyl (C=O) groups is 3. The fourth-order valence-electron chi connectivity index (χ4n) is 2.02. The highest BCUT2D eigenvalue weighted by atomic mass is 16.4. The Kier molecular flexibility index (Phi) is 3.82. The van der Waals surface area contributed by atoms with E-state index in [-0.39, 0.29) is 12.2 Å². The highest BCUT2D eigenvalue weighted by Gasteiger charge is 2.36. The molecule has 0 aliphatic heterocycles. The Morgan fingerprint density at radius 1 is 1.20 bits per heavy atom. The third kappa shape index (κ3) is 3.04. The van der Waals surface area contributed by atoms with Gasteiger partial charge in [0, 0.05) is 12.8 Å². The van der Waals surface area contributed by atoms with E-state index in [1.807, 2.05) is 0 Å². The predicted molar refractivity (Wildman–Crippen MR) is 50.3 cm³/mol. The number of Topliss-reactive ketones (excluding diaryl/α,β-unsaturated/α-hetero) is 1. The summed E-state index contributed by atoms with van der Waals surface area (Å²) in [6.07, 6.45) is 2.51. The molecule has 0 aromatic rings. The van der Waals surface area contributed by atoms with Crippen molar-refractivity contribution in [2.45, 2.75) is 32.1 Å². The van der Waals surface area contributed by atoms with Crippen LogP contribution in [-0.4, -0.2) is 27.9 Å². The molecule has 84 valence electrons. The molecule has 5 nitrogen and oxygen atoms in total. The quantitative estimate of drug-likeness (QED) is 0.538. The smallest absolute Gasteiger partial charge is 0.318 e. The number of carbonyl (C=O) groups excluding carboxylic acids is 1. The van der Waals surface area contributed by atoms with Gasteiger partial charge in [-0.1, -0.05) is 6.42 Å². The van der Waals surface area contributed by atoms with E-state index >= 15 is 0 Å². The van der Waals surface area contributed by atoms with Gasteiger partial charge in [-0.05, 0) is 18.8 Å². The molecule has 5 heteroatoms. The molecule has 0 heterocycles. The summed E-state index contributed by atoms with van der Waals surface area (Å²) in [4.78, 5) is 32.8. The van der Waals surface area contributed by atoms with Crippen LogP contribution in [0.1, 0.15) is 32.1 Å². The van der Waals surface area contributed by atoms with E-state index in [2.05, 4.69) is 0 Å². The standard InChI is InChI=1S/C10H14O5/c11-7-4-2-1-3-6(5-7)8(9(12)13)10(14)15/h6,8H,1-5H2,(H,12,13)(H,14,15)/t6-/m1/s1. The summed E-state index contributed by atoms with van der Waals surface area (Å²) in [6, 6.07) is 0. The van der Waals surface area contributed by atoms with Crippen LogP contribution >= 0.6 is 0 Å². The molecular weight excluding hydrogens is 200 g/mol. The molecule has 0 unspecified atom stereocenters. The molecule has 0 saturated heterocycles. The van der Waals surface area contributed by atoms with E-state index in [1.165, 1.54) is 0 Å². The summed E-state index contributed by atoms with van der Waals surface area (Å²) >= 11 is 0. The maximum absolute atomic E-state index is 11.3. The molecule has 0 amide bonds. The Labute approximate surface area is 87.1 Å². The molecule has 1 aliphatic carbocycles. The minimum Gasteiger partial charge on any atom is -0.481 e. The lowest BCUT2D eigenvalue weighted by molar-refractivity contribution is -0.157. The van der Waals surface area contributed by atoms with E-state index in [0.29, 0.717) is 12.8 Å². The van der Waals surface area contributed by atoms with Gasteiger partial charge in [0.15, 0.2) is 5.92 Å². The molecule has 15 heavy (non-hydrogen) atoms. The molecule has 1 atom stereocenters. The van der Waals surface area contributed by atoms with E-state index in [4.69, 9.17) is 10.2 Å². The topological polar surface area (TPSA) is 91.7 Å².